The molecule has 0 N–H and O–H groups in total. The average Bonchev–Trinajstić information content (AvgIpc) is 2.99. The van der Waals surface area contributed by atoms with E-state index < -0.39 is 0 Å². The number of aryl methyl sites for hydroxylation is 4. The van der Waals surface area contributed by atoms with Gasteiger partial charge in [-0.3, -0.25) is 4.79 Å². The first kappa shape index (κ1) is 21.4. The Labute approximate surface area is 194 Å². The summed E-state index contributed by atoms with van der Waals surface area (Å²) >= 11 is 1.89. The fourth-order valence-electron chi connectivity index (χ4n) is 5.03. The quantitative estimate of drug-likeness (QED) is 0.516. The van der Waals surface area contributed by atoms with E-state index in [2.05, 4.69) is 11.8 Å². The van der Waals surface area contributed by atoms with E-state index in [0.29, 0.717) is 0 Å². The molecule has 1 aromatic carbocycles. The summed E-state index contributed by atoms with van der Waals surface area (Å²) in [6, 6.07) is 7.89. The van der Waals surface area contributed by atoms with E-state index in [-0.39, 0.29) is 5.91 Å². The fourth-order valence-corrected chi connectivity index (χ4v) is 6.30. The lowest BCUT2D eigenvalue weighted by molar-refractivity contribution is 0.0746. The second-order valence-corrected chi connectivity index (χ2v) is 10.1. The maximum atomic E-state index is 13.1. The van der Waals surface area contributed by atoms with E-state index >= 15 is 0 Å². The van der Waals surface area contributed by atoms with Gasteiger partial charge in [-0.05, 0) is 56.2 Å². The Kier molecular flexibility index (Phi) is 6.13. The van der Waals surface area contributed by atoms with Crippen LogP contribution in [-0.2, 0) is 19.3 Å². The molecular formula is C26H32N4OS. The van der Waals surface area contributed by atoms with E-state index in [1.807, 2.05) is 47.4 Å². The Morgan fingerprint density at radius 1 is 1.03 bits per heavy atom. The molecule has 0 atom stereocenters. The molecular weight excluding hydrogens is 416 g/mol. The fraction of sp³-hybridized carbons (Fsp3) is 0.500. The SMILES string of the molecule is CCCc1nc(N2CCN(C(=O)c3ccccc3C)CC2)c2c3c(sc2n1)CCCCC3. The summed E-state index contributed by atoms with van der Waals surface area (Å²) in [6.07, 6.45) is 8.14. The Hall–Kier alpha value is -2.47. The van der Waals surface area contributed by atoms with Crippen LogP contribution in [-0.4, -0.2) is 47.0 Å². The lowest BCUT2D eigenvalue weighted by Gasteiger charge is -2.36. The summed E-state index contributed by atoms with van der Waals surface area (Å²) in [5, 5.41) is 1.30. The number of hydrogen-bond acceptors (Lipinski definition) is 5. The van der Waals surface area contributed by atoms with Crippen LogP contribution in [0.25, 0.3) is 10.2 Å². The van der Waals surface area contributed by atoms with Crippen molar-refractivity contribution in [3.05, 3.63) is 51.7 Å². The zero-order valence-electron chi connectivity index (χ0n) is 19.2. The van der Waals surface area contributed by atoms with Crippen LogP contribution in [0.1, 0.15) is 64.8 Å². The van der Waals surface area contributed by atoms with Crippen LogP contribution in [0, 0.1) is 6.92 Å². The molecule has 1 aliphatic heterocycles. The predicted octanol–water partition coefficient (Wildman–Crippen LogP) is 5.18. The van der Waals surface area contributed by atoms with Crippen LogP contribution < -0.4 is 4.90 Å². The van der Waals surface area contributed by atoms with Crippen molar-refractivity contribution in [2.75, 3.05) is 31.1 Å². The number of nitrogens with zero attached hydrogens (tertiary/aromatic N) is 4. The van der Waals surface area contributed by atoms with E-state index in [4.69, 9.17) is 9.97 Å². The van der Waals surface area contributed by atoms with Crippen molar-refractivity contribution in [3.63, 3.8) is 0 Å². The number of rotatable bonds is 4. The van der Waals surface area contributed by atoms with E-state index in [9.17, 15) is 4.79 Å². The van der Waals surface area contributed by atoms with Crippen LogP contribution in [0.4, 0.5) is 5.82 Å². The van der Waals surface area contributed by atoms with Crippen molar-refractivity contribution in [1.82, 2.24) is 14.9 Å². The van der Waals surface area contributed by atoms with E-state index in [1.54, 1.807) is 0 Å². The van der Waals surface area contributed by atoms with Gasteiger partial charge in [-0.1, -0.05) is 31.5 Å². The molecule has 0 spiro atoms. The summed E-state index contributed by atoms with van der Waals surface area (Å²) in [5.41, 5.74) is 3.36. The molecule has 0 unspecified atom stereocenters. The Morgan fingerprint density at radius 3 is 2.59 bits per heavy atom. The number of hydrogen-bond donors (Lipinski definition) is 0. The molecule has 5 rings (SSSR count). The summed E-state index contributed by atoms with van der Waals surface area (Å²) in [5.74, 6) is 2.22. The second kappa shape index (κ2) is 9.18. The molecule has 1 fully saturated rings. The molecule has 6 heteroatoms. The number of carbonyl (C=O) groups is 1. The van der Waals surface area contributed by atoms with Crippen molar-refractivity contribution in [1.29, 1.82) is 0 Å². The van der Waals surface area contributed by atoms with Gasteiger partial charge in [0.15, 0.2) is 0 Å². The lowest BCUT2D eigenvalue weighted by Crippen LogP contribution is -2.49. The van der Waals surface area contributed by atoms with Gasteiger partial charge in [-0.2, -0.15) is 0 Å². The Balaban J connectivity index is 1.44. The van der Waals surface area contributed by atoms with Crippen LogP contribution in [0.3, 0.4) is 0 Å². The number of piperazine rings is 1. The third-order valence-corrected chi connectivity index (χ3v) is 7.99. The number of benzene rings is 1. The maximum Gasteiger partial charge on any atom is 0.254 e. The molecule has 0 saturated carbocycles. The molecule has 1 saturated heterocycles. The minimum absolute atomic E-state index is 0.145. The molecule has 0 radical (unpaired) electrons. The van der Waals surface area contributed by atoms with Gasteiger partial charge in [0.2, 0.25) is 0 Å². The summed E-state index contributed by atoms with van der Waals surface area (Å²) in [7, 11) is 0. The number of anilines is 1. The van der Waals surface area contributed by atoms with Crippen LogP contribution >= 0.6 is 11.3 Å². The van der Waals surface area contributed by atoms with Gasteiger partial charge >= 0.3 is 0 Å². The van der Waals surface area contributed by atoms with Gasteiger partial charge in [0, 0.05) is 43.0 Å². The third-order valence-electron chi connectivity index (χ3n) is 6.81. The van der Waals surface area contributed by atoms with Crippen LogP contribution in [0.15, 0.2) is 24.3 Å². The minimum Gasteiger partial charge on any atom is -0.352 e. The van der Waals surface area contributed by atoms with Crippen molar-refractivity contribution < 1.29 is 4.79 Å². The molecule has 2 aromatic heterocycles. The zero-order chi connectivity index (χ0) is 22.1. The number of aromatic nitrogens is 2. The monoisotopic (exact) mass is 448 g/mol. The molecule has 3 aromatic rings. The second-order valence-electron chi connectivity index (χ2n) is 9.05. The maximum absolute atomic E-state index is 13.1. The predicted molar refractivity (Wildman–Crippen MR) is 132 cm³/mol. The molecule has 3 heterocycles. The first-order chi connectivity index (χ1) is 15.7. The van der Waals surface area contributed by atoms with Crippen molar-refractivity contribution in [3.8, 4) is 0 Å². The van der Waals surface area contributed by atoms with Gasteiger partial charge in [0.25, 0.3) is 5.91 Å². The third kappa shape index (κ3) is 4.01. The number of carbonyl (C=O) groups excluding carboxylic acids is 1. The van der Waals surface area contributed by atoms with Gasteiger partial charge < -0.3 is 9.80 Å². The first-order valence-electron chi connectivity index (χ1n) is 12.1. The van der Waals surface area contributed by atoms with E-state index in [1.165, 1.54) is 46.3 Å². The van der Waals surface area contributed by atoms with Crippen molar-refractivity contribution in [2.45, 2.75) is 58.8 Å². The number of thiophene rings is 1. The zero-order valence-corrected chi connectivity index (χ0v) is 20.0. The normalized spacial score (nSPS) is 16.8. The highest BCUT2D eigenvalue weighted by molar-refractivity contribution is 7.19. The summed E-state index contributed by atoms with van der Waals surface area (Å²) < 4.78 is 0. The van der Waals surface area contributed by atoms with Crippen LogP contribution in [0.2, 0.25) is 0 Å². The molecule has 0 bridgehead atoms. The van der Waals surface area contributed by atoms with Crippen molar-refractivity contribution in [2.24, 2.45) is 0 Å². The summed E-state index contributed by atoms with van der Waals surface area (Å²) in [4.78, 5) is 30.2. The van der Waals surface area contributed by atoms with Gasteiger partial charge in [0.05, 0.1) is 5.39 Å². The molecule has 2 aliphatic rings. The number of amides is 1. The average molecular weight is 449 g/mol. The molecule has 32 heavy (non-hydrogen) atoms. The highest BCUT2D eigenvalue weighted by Gasteiger charge is 2.27. The van der Waals surface area contributed by atoms with Crippen molar-refractivity contribution >= 4 is 33.3 Å². The number of fused-ring (bicyclic) bond motifs is 3. The Bertz CT molecular complexity index is 1130. The standard InChI is InChI=1S/C26H32N4OS/c1-3-9-22-27-24(23-20-12-5-4-6-13-21(20)32-25(23)28-22)29-14-16-30(17-15-29)26(31)19-11-8-7-10-18(19)2/h7-8,10-11H,3-6,9,12-17H2,1-2H3. The van der Waals surface area contributed by atoms with Crippen LogP contribution in [0.5, 0.6) is 0 Å². The summed E-state index contributed by atoms with van der Waals surface area (Å²) in [6.45, 7) is 7.30. The van der Waals surface area contributed by atoms with Gasteiger partial charge in [0.1, 0.15) is 16.5 Å². The van der Waals surface area contributed by atoms with Gasteiger partial charge in [-0.15, -0.1) is 11.3 Å². The topological polar surface area (TPSA) is 49.3 Å². The highest BCUT2D eigenvalue weighted by atomic mass is 32.1. The Morgan fingerprint density at radius 2 is 1.81 bits per heavy atom. The first-order valence-corrected chi connectivity index (χ1v) is 12.9. The van der Waals surface area contributed by atoms with E-state index in [0.717, 1.165) is 68.2 Å². The van der Waals surface area contributed by atoms with Gasteiger partial charge in [-0.25, -0.2) is 9.97 Å². The highest BCUT2D eigenvalue weighted by Crippen LogP contribution is 2.39. The molecule has 1 amide bonds. The molecule has 5 nitrogen and oxygen atoms in total. The molecule has 1 aliphatic carbocycles. The minimum atomic E-state index is 0.145. The smallest absolute Gasteiger partial charge is 0.254 e. The largest absolute Gasteiger partial charge is 0.352 e. The molecule has 168 valence electrons. The lowest BCUT2D eigenvalue weighted by atomic mass is 10.1.